The Balaban J connectivity index is 2.01. The van der Waals surface area contributed by atoms with Crippen LogP contribution >= 0.6 is 0 Å². The number of aliphatic hydroxyl groups excluding tert-OH is 1. The summed E-state index contributed by atoms with van der Waals surface area (Å²) in [5, 5.41) is 18.9. The molecule has 1 heterocycles. The van der Waals surface area contributed by atoms with Crippen LogP contribution in [0.1, 0.15) is 26.3 Å². The molecule has 0 aromatic heterocycles. The standard InChI is InChI=1S/C18H13N3O3/c19-20-11-16(22)15(10-12-6-2-1-3-7-12)21-17(23)13-8-4-5-9-14(13)18(21)24/h1-9,11,15H,10H2/p+1/t15-/m1/s1. The van der Waals surface area contributed by atoms with E-state index in [0.29, 0.717) is 11.1 Å². The number of amides is 2. The maximum atomic E-state index is 12.6. The summed E-state index contributed by atoms with van der Waals surface area (Å²) in [6.45, 7) is 0. The van der Waals surface area contributed by atoms with E-state index >= 15 is 0 Å². The lowest BCUT2D eigenvalue weighted by atomic mass is 10.0. The maximum absolute atomic E-state index is 12.6. The Bertz CT molecular complexity index is 834. The van der Waals surface area contributed by atoms with Crippen molar-refractivity contribution in [2.45, 2.75) is 12.5 Å². The Morgan fingerprint density at radius 3 is 2.12 bits per heavy atom. The van der Waals surface area contributed by atoms with Crippen molar-refractivity contribution < 1.29 is 14.7 Å². The van der Waals surface area contributed by atoms with Gasteiger partial charge in [0.2, 0.25) is 11.2 Å². The molecular weight excluding hydrogens is 306 g/mol. The minimum absolute atomic E-state index is 0.212. The van der Waals surface area contributed by atoms with Crippen LogP contribution < -0.4 is 0 Å². The number of carbonyl (C=O) groups is 2. The molecule has 0 spiro atoms. The Kier molecular flexibility index (Phi) is 4.08. The molecule has 0 bridgehead atoms. The van der Waals surface area contributed by atoms with E-state index in [1.807, 2.05) is 30.3 Å². The highest BCUT2D eigenvalue weighted by atomic mass is 16.3. The second kappa shape index (κ2) is 6.34. The third-order valence-corrected chi connectivity index (χ3v) is 3.94. The second-order valence-electron chi connectivity index (χ2n) is 5.40. The molecule has 2 aromatic rings. The Morgan fingerprint density at radius 1 is 1.04 bits per heavy atom. The average molecular weight is 320 g/mol. The van der Waals surface area contributed by atoms with Crippen molar-refractivity contribution in [1.29, 1.82) is 5.39 Å². The topological polar surface area (TPSA) is 85.8 Å². The zero-order chi connectivity index (χ0) is 17.1. The highest BCUT2D eigenvalue weighted by Gasteiger charge is 2.42. The largest absolute Gasteiger partial charge is 0.504 e. The van der Waals surface area contributed by atoms with E-state index in [-0.39, 0.29) is 12.2 Å². The van der Waals surface area contributed by atoms with Crippen molar-refractivity contribution in [3.05, 3.63) is 88.2 Å². The van der Waals surface area contributed by atoms with Gasteiger partial charge >= 0.3 is 6.20 Å². The number of carbonyl (C=O) groups excluding carboxylic acids is 2. The lowest BCUT2D eigenvalue weighted by Crippen LogP contribution is -2.42. The van der Waals surface area contributed by atoms with Gasteiger partial charge in [0.25, 0.3) is 11.8 Å². The molecule has 1 N–H and O–H groups in total. The molecule has 2 aromatic carbocycles. The molecule has 0 fully saturated rings. The van der Waals surface area contributed by atoms with Gasteiger partial charge in [-0.1, -0.05) is 42.5 Å². The number of diazo groups is 1. The number of hydrogen-bond acceptors (Lipinski definition) is 4. The molecule has 0 aliphatic carbocycles. The Labute approximate surface area is 138 Å². The van der Waals surface area contributed by atoms with Crippen LogP contribution in [0.15, 0.2) is 66.6 Å². The fourth-order valence-corrected chi connectivity index (χ4v) is 2.80. The first-order valence-electron chi connectivity index (χ1n) is 7.37. The van der Waals surface area contributed by atoms with E-state index in [0.717, 1.165) is 16.7 Å². The highest BCUT2D eigenvalue weighted by Crippen LogP contribution is 2.28. The van der Waals surface area contributed by atoms with E-state index in [4.69, 9.17) is 5.39 Å². The van der Waals surface area contributed by atoms with Crippen LogP contribution in [-0.4, -0.2) is 27.9 Å². The molecule has 6 heteroatoms. The van der Waals surface area contributed by atoms with Gasteiger partial charge in [0, 0.05) is 6.42 Å². The van der Waals surface area contributed by atoms with Crippen LogP contribution in [0.3, 0.4) is 0 Å². The number of hydrogen-bond donors (Lipinski definition) is 1. The van der Waals surface area contributed by atoms with Gasteiger partial charge in [-0.2, -0.15) is 0 Å². The van der Waals surface area contributed by atoms with Crippen LogP contribution in [0.2, 0.25) is 0 Å². The van der Waals surface area contributed by atoms with E-state index in [1.54, 1.807) is 24.3 Å². The highest BCUT2D eigenvalue weighted by molar-refractivity contribution is 6.21. The van der Waals surface area contributed by atoms with E-state index in [9.17, 15) is 14.7 Å². The van der Waals surface area contributed by atoms with Gasteiger partial charge in [-0.3, -0.25) is 14.5 Å². The summed E-state index contributed by atoms with van der Waals surface area (Å²) >= 11 is 0. The van der Waals surface area contributed by atoms with E-state index < -0.39 is 17.9 Å². The van der Waals surface area contributed by atoms with E-state index in [1.165, 1.54) is 0 Å². The van der Waals surface area contributed by atoms with Crippen LogP contribution in [0.4, 0.5) is 0 Å². The molecule has 1 aliphatic heterocycles. The molecule has 0 saturated heterocycles. The fourth-order valence-electron chi connectivity index (χ4n) is 2.80. The minimum Gasteiger partial charge on any atom is -0.504 e. The summed E-state index contributed by atoms with van der Waals surface area (Å²) in [4.78, 5) is 29.1. The fraction of sp³-hybridized carbons (Fsp3) is 0.111. The predicted molar refractivity (Wildman–Crippen MR) is 86.7 cm³/mol. The number of rotatable bonds is 4. The van der Waals surface area contributed by atoms with Gasteiger partial charge < -0.3 is 5.11 Å². The Hall–Kier alpha value is -3.46. The second-order valence-corrected chi connectivity index (χ2v) is 5.40. The molecule has 1 aliphatic rings. The van der Waals surface area contributed by atoms with Crippen LogP contribution in [0, 0.1) is 5.39 Å². The van der Waals surface area contributed by atoms with Crippen LogP contribution in [0.25, 0.3) is 4.98 Å². The van der Waals surface area contributed by atoms with Crippen molar-refractivity contribution in [3.8, 4) is 0 Å². The zero-order valence-electron chi connectivity index (χ0n) is 12.7. The molecule has 24 heavy (non-hydrogen) atoms. The first-order chi connectivity index (χ1) is 11.6. The number of fused-ring (bicyclic) bond motifs is 1. The Morgan fingerprint density at radius 2 is 1.58 bits per heavy atom. The molecule has 0 radical (unpaired) electrons. The van der Waals surface area contributed by atoms with Crippen molar-refractivity contribution in [2.75, 3.05) is 0 Å². The smallest absolute Gasteiger partial charge is 0.389 e. The monoisotopic (exact) mass is 320 g/mol. The first-order valence-corrected chi connectivity index (χ1v) is 7.37. The third kappa shape index (κ3) is 2.63. The number of imide groups is 1. The first kappa shape index (κ1) is 15.4. The maximum Gasteiger partial charge on any atom is 0.389 e. The number of benzene rings is 2. The summed E-state index contributed by atoms with van der Waals surface area (Å²) < 4.78 is 0. The van der Waals surface area contributed by atoms with Crippen molar-refractivity contribution in [2.24, 2.45) is 0 Å². The van der Waals surface area contributed by atoms with Crippen molar-refractivity contribution >= 4 is 11.8 Å². The van der Waals surface area contributed by atoms with Gasteiger partial charge in [0.05, 0.1) is 11.1 Å². The third-order valence-electron chi connectivity index (χ3n) is 3.94. The minimum atomic E-state index is -0.948. The average Bonchev–Trinajstić information content (AvgIpc) is 2.86. The van der Waals surface area contributed by atoms with Crippen molar-refractivity contribution in [3.63, 3.8) is 0 Å². The summed E-state index contributed by atoms with van der Waals surface area (Å²) in [5.41, 5.74) is 1.43. The predicted octanol–water partition coefficient (Wildman–Crippen LogP) is 3.15. The van der Waals surface area contributed by atoms with Crippen molar-refractivity contribution in [1.82, 2.24) is 4.90 Å². The quantitative estimate of drug-likeness (QED) is 0.533. The van der Waals surface area contributed by atoms with Gasteiger partial charge in [-0.05, 0) is 17.7 Å². The lowest BCUT2D eigenvalue weighted by Gasteiger charge is -2.24. The van der Waals surface area contributed by atoms with Crippen LogP contribution in [-0.2, 0) is 6.42 Å². The summed E-state index contributed by atoms with van der Waals surface area (Å²) in [5.74, 6) is -1.32. The van der Waals surface area contributed by atoms with Gasteiger partial charge in [-0.15, -0.1) is 0 Å². The summed E-state index contributed by atoms with van der Waals surface area (Å²) in [6.07, 6.45) is 1.04. The molecule has 3 rings (SSSR count). The number of aliphatic hydroxyl groups is 1. The van der Waals surface area contributed by atoms with Gasteiger partial charge in [0.15, 0.2) is 4.98 Å². The molecule has 1 atom stereocenters. The summed E-state index contributed by atoms with van der Waals surface area (Å²) in [6, 6.07) is 14.7. The van der Waals surface area contributed by atoms with Crippen LogP contribution in [0.5, 0.6) is 0 Å². The van der Waals surface area contributed by atoms with E-state index in [2.05, 4.69) is 4.98 Å². The van der Waals surface area contributed by atoms with Gasteiger partial charge in [-0.25, -0.2) is 0 Å². The molecule has 118 valence electrons. The molecule has 0 unspecified atom stereocenters. The van der Waals surface area contributed by atoms with Gasteiger partial charge in [0.1, 0.15) is 6.04 Å². The SMILES string of the molecule is N#[N+]C=C(O)[C@@H](Cc1ccccc1)N1C(=O)c2ccccc2C1=O. The molecule has 6 nitrogen and oxygen atoms in total. The summed E-state index contributed by atoms with van der Waals surface area (Å²) in [7, 11) is 0. The number of nitrogens with zero attached hydrogens (tertiary/aromatic N) is 3. The normalized spacial score (nSPS) is 15.1. The lowest BCUT2D eigenvalue weighted by molar-refractivity contribution is 0.0575. The molecule has 0 saturated carbocycles. The molecular formula is C18H14N3O3+. The zero-order valence-corrected chi connectivity index (χ0v) is 12.7. The molecule has 2 amide bonds.